The van der Waals surface area contributed by atoms with Crippen molar-refractivity contribution >= 4 is 0 Å². The van der Waals surface area contributed by atoms with Gasteiger partial charge in [-0.25, -0.2) is 0 Å². The molecule has 0 unspecified atom stereocenters. The van der Waals surface area contributed by atoms with Crippen LogP contribution >= 0.6 is 0 Å². The summed E-state index contributed by atoms with van der Waals surface area (Å²) in [5, 5.41) is 3.53. The van der Waals surface area contributed by atoms with Gasteiger partial charge in [0.1, 0.15) is 0 Å². The molecule has 0 aromatic carbocycles. The molecule has 0 heterocycles. The molecule has 2 saturated carbocycles. The molecule has 0 atom stereocenters. The van der Waals surface area contributed by atoms with E-state index < -0.39 is 0 Å². The third-order valence-corrected chi connectivity index (χ3v) is 3.26. The Morgan fingerprint density at radius 3 is 2.23 bits per heavy atom. The summed E-state index contributed by atoms with van der Waals surface area (Å²) >= 11 is 0. The second kappa shape index (κ2) is 3.83. The van der Waals surface area contributed by atoms with E-state index in [2.05, 4.69) is 18.8 Å². The monoisotopic (exact) mass is 179 g/mol. The molecular formula is C12H21N. The summed E-state index contributed by atoms with van der Waals surface area (Å²) in [6.07, 6.45) is 5.98. The van der Waals surface area contributed by atoms with Gasteiger partial charge in [0.25, 0.3) is 0 Å². The number of hydrogen-bond acceptors (Lipinski definition) is 1. The topological polar surface area (TPSA) is 12.0 Å². The predicted octanol–water partition coefficient (Wildman–Crippen LogP) is 2.59. The zero-order chi connectivity index (χ0) is 9.26. The van der Waals surface area contributed by atoms with Crippen molar-refractivity contribution < 1.29 is 0 Å². The lowest BCUT2D eigenvalue weighted by Gasteiger charge is -2.16. The Morgan fingerprint density at radius 1 is 1.31 bits per heavy atom. The SMILES string of the molecule is C=C(C)CNCC(C1CC1)C1CC1. The zero-order valence-corrected chi connectivity index (χ0v) is 8.68. The van der Waals surface area contributed by atoms with Crippen LogP contribution in [0.3, 0.4) is 0 Å². The summed E-state index contributed by atoms with van der Waals surface area (Å²) in [5.41, 5.74) is 1.25. The van der Waals surface area contributed by atoms with Crippen molar-refractivity contribution in [3.63, 3.8) is 0 Å². The smallest absolute Gasteiger partial charge is 0.0159 e. The number of hydrogen-bond donors (Lipinski definition) is 1. The molecule has 0 amide bonds. The summed E-state index contributed by atoms with van der Waals surface area (Å²) in [4.78, 5) is 0. The number of rotatable bonds is 6. The first-order valence-corrected chi connectivity index (χ1v) is 5.62. The van der Waals surface area contributed by atoms with Gasteiger partial charge in [0.15, 0.2) is 0 Å². The van der Waals surface area contributed by atoms with Gasteiger partial charge in [0, 0.05) is 6.54 Å². The molecule has 1 nitrogen and oxygen atoms in total. The molecule has 2 fully saturated rings. The summed E-state index contributed by atoms with van der Waals surface area (Å²) in [6.45, 7) is 8.25. The second-order valence-corrected chi connectivity index (χ2v) is 4.93. The van der Waals surface area contributed by atoms with E-state index in [4.69, 9.17) is 0 Å². The molecule has 2 aliphatic rings. The highest BCUT2D eigenvalue weighted by Crippen LogP contribution is 2.48. The molecule has 0 aliphatic heterocycles. The lowest BCUT2D eigenvalue weighted by molar-refractivity contribution is 0.385. The fourth-order valence-corrected chi connectivity index (χ4v) is 2.22. The Bertz CT molecular complexity index is 177. The lowest BCUT2D eigenvalue weighted by Crippen LogP contribution is -2.26. The van der Waals surface area contributed by atoms with Crippen LogP contribution in [0.15, 0.2) is 12.2 Å². The molecule has 0 bridgehead atoms. The highest BCUT2D eigenvalue weighted by molar-refractivity contribution is 4.95. The van der Waals surface area contributed by atoms with E-state index in [0.29, 0.717) is 0 Å². The van der Waals surface area contributed by atoms with Crippen molar-refractivity contribution in [2.75, 3.05) is 13.1 Å². The van der Waals surface area contributed by atoms with E-state index in [1.807, 2.05) is 0 Å². The average Bonchev–Trinajstić information content (AvgIpc) is 2.89. The van der Waals surface area contributed by atoms with Crippen molar-refractivity contribution in [1.82, 2.24) is 5.32 Å². The van der Waals surface area contributed by atoms with Crippen LogP contribution in [0.1, 0.15) is 32.6 Å². The predicted molar refractivity (Wildman–Crippen MR) is 56.6 cm³/mol. The maximum absolute atomic E-state index is 3.91. The molecule has 0 spiro atoms. The fraction of sp³-hybridized carbons (Fsp3) is 0.833. The molecular weight excluding hydrogens is 158 g/mol. The van der Waals surface area contributed by atoms with Gasteiger partial charge in [-0.2, -0.15) is 0 Å². The van der Waals surface area contributed by atoms with E-state index in [1.54, 1.807) is 0 Å². The molecule has 0 radical (unpaired) electrons. The van der Waals surface area contributed by atoms with E-state index >= 15 is 0 Å². The van der Waals surface area contributed by atoms with Gasteiger partial charge in [-0.3, -0.25) is 0 Å². The summed E-state index contributed by atoms with van der Waals surface area (Å²) in [7, 11) is 0. The van der Waals surface area contributed by atoms with Gasteiger partial charge >= 0.3 is 0 Å². The van der Waals surface area contributed by atoms with Crippen LogP contribution in [-0.2, 0) is 0 Å². The standard InChI is InChI=1S/C12H21N/c1-9(2)7-13-8-12(10-3-4-10)11-5-6-11/h10-13H,1,3-8H2,2H3. The molecule has 0 saturated heterocycles. The van der Waals surface area contributed by atoms with Crippen LogP contribution in [0.2, 0.25) is 0 Å². The minimum Gasteiger partial charge on any atom is -0.313 e. The quantitative estimate of drug-likeness (QED) is 0.618. The normalized spacial score (nSPS) is 22.3. The Balaban J connectivity index is 1.67. The largest absolute Gasteiger partial charge is 0.313 e. The molecule has 2 aliphatic carbocycles. The van der Waals surface area contributed by atoms with Crippen molar-refractivity contribution in [3.8, 4) is 0 Å². The zero-order valence-electron chi connectivity index (χ0n) is 8.68. The Hall–Kier alpha value is -0.300. The van der Waals surface area contributed by atoms with E-state index in [-0.39, 0.29) is 0 Å². The number of nitrogens with one attached hydrogen (secondary N) is 1. The molecule has 13 heavy (non-hydrogen) atoms. The molecule has 0 aromatic heterocycles. The van der Waals surface area contributed by atoms with Gasteiger partial charge in [0.05, 0.1) is 0 Å². The van der Waals surface area contributed by atoms with Crippen LogP contribution in [0.25, 0.3) is 0 Å². The molecule has 1 N–H and O–H groups in total. The maximum Gasteiger partial charge on any atom is 0.0159 e. The highest BCUT2D eigenvalue weighted by atomic mass is 14.9. The van der Waals surface area contributed by atoms with E-state index in [9.17, 15) is 0 Å². The third kappa shape index (κ3) is 2.84. The third-order valence-electron chi connectivity index (χ3n) is 3.26. The fourth-order valence-electron chi connectivity index (χ4n) is 2.22. The van der Waals surface area contributed by atoms with Crippen LogP contribution in [-0.4, -0.2) is 13.1 Å². The first-order valence-electron chi connectivity index (χ1n) is 5.62. The lowest BCUT2D eigenvalue weighted by atomic mass is 9.98. The molecule has 74 valence electrons. The first-order chi connectivity index (χ1) is 6.27. The van der Waals surface area contributed by atoms with Crippen LogP contribution in [0, 0.1) is 17.8 Å². The van der Waals surface area contributed by atoms with Crippen molar-refractivity contribution in [2.24, 2.45) is 17.8 Å². The minimum absolute atomic E-state index is 0.999. The maximum atomic E-state index is 3.91. The average molecular weight is 179 g/mol. The van der Waals surface area contributed by atoms with Crippen LogP contribution in [0.5, 0.6) is 0 Å². The molecule has 1 heteroatoms. The van der Waals surface area contributed by atoms with Gasteiger partial charge in [-0.05, 0) is 56.9 Å². The Labute approximate surface area is 81.6 Å². The molecule has 2 rings (SSSR count). The summed E-state index contributed by atoms with van der Waals surface area (Å²) in [5.74, 6) is 3.15. The minimum atomic E-state index is 0.999. The van der Waals surface area contributed by atoms with Crippen molar-refractivity contribution in [3.05, 3.63) is 12.2 Å². The highest BCUT2D eigenvalue weighted by Gasteiger charge is 2.40. The van der Waals surface area contributed by atoms with Crippen molar-refractivity contribution in [2.45, 2.75) is 32.6 Å². The molecule has 0 aromatic rings. The van der Waals surface area contributed by atoms with Gasteiger partial charge in [0.2, 0.25) is 0 Å². The van der Waals surface area contributed by atoms with Gasteiger partial charge < -0.3 is 5.32 Å². The summed E-state index contributed by atoms with van der Waals surface area (Å²) < 4.78 is 0. The van der Waals surface area contributed by atoms with Crippen LogP contribution < -0.4 is 5.32 Å². The van der Waals surface area contributed by atoms with E-state index in [0.717, 1.165) is 24.3 Å². The van der Waals surface area contributed by atoms with Gasteiger partial charge in [-0.1, -0.05) is 12.2 Å². The van der Waals surface area contributed by atoms with Crippen molar-refractivity contribution in [1.29, 1.82) is 0 Å². The Kier molecular flexibility index (Phi) is 2.73. The second-order valence-electron chi connectivity index (χ2n) is 4.93. The van der Waals surface area contributed by atoms with Crippen LogP contribution in [0.4, 0.5) is 0 Å². The summed E-state index contributed by atoms with van der Waals surface area (Å²) in [6, 6.07) is 0. The first kappa shape index (κ1) is 9.26. The Morgan fingerprint density at radius 2 is 1.85 bits per heavy atom. The van der Waals surface area contributed by atoms with E-state index in [1.165, 1.54) is 37.8 Å². The van der Waals surface area contributed by atoms with Gasteiger partial charge in [-0.15, -0.1) is 0 Å².